The van der Waals surface area contributed by atoms with E-state index in [1.807, 2.05) is 19.1 Å². The fourth-order valence-corrected chi connectivity index (χ4v) is 4.47. The Morgan fingerprint density at radius 3 is 2.34 bits per heavy atom. The zero-order valence-corrected chi connectivity index (χ0v) is 21.4. The molecule has 32 heavy (non-hydrogen) atoms. The Hall–Kier alpha value is -1.72. The van der Waals surface area contributed by atoms with E-state index in [9.17, 15) is 0 Å². The number of rotatable bonds is 11. The van der Waals surface area contributed by atoms with Crippen LogP contribution in [0.3, 0.4) is 0 Å². The Morgan fingerprint density at radius 1 is 0.938 bits per heavy atom. The number of benzene rings is 3. The van der Waals surface area contributed by atoms with Crippen LogP contribution >= 0.6 is 39.1 Å². The van der Waals surface area contributed by atoms with Crippen molar-refractivity contribution >= 4 is 39.1 Å². The highest BCUT2D eigenvalue weighted by atomic mass is 79.9. The van der Waals surface area contributed by atoms with Crippen molar-refractivity contribution in [2.45, 2.75) is 45.9 Å². The van der Waals surface area contributed by atoms with Gasteiger partial charge in [-0.15, -0.1) is 0 Å². The highest BCUT2D eigenvalue weighted by Gasteiger charge is 2.15. The van der Waals surface area contributed by atoms with E-state index in [2.05, 4.69) is 64.6 Å². The summed E-state index contributed by atoms with van der Waals surface area (Å²) in [5.74, 6) is 1.34. The lowest BCUT2D eigenvalue weighted by molar-refractivity contribution is 0.267. The first-order valence-corrected chi connectivity index (χ1v) is 12.3. The molecule has 3 rings (SSSR count). The van der Waals surface area contributed by atoms with Crippen LogP contribution in [0.5, 0.6) is 11.5 Å². The molecule has 0 amide bonds. The molecule has 170 valence electrons. The molecule has 0 heterocycles. The maximum absolute atomic E-state index is 6.28. The van der Waals surface area contributed by atoms with Gasteiger partial charge in [0.1, 0.15) is 6.61 Å². The highest BCUT2D eigenvalue weighted by Crippen LogP contribution is 2.38. The van der Waals surface area contributed by atoms with Gasteiger partial charge in [-0.25, -0.2) is 0 Å². The molecule has 0 radical (unpaired) electrons. The van der Waals surface area contributed by atoms with Gasteiger partial charge in [0.05, 0.1) is 11.1 Å². The second-order valence-corrected chi connectivity index (χ2v) is 9.30. The molecule has 0 saturated heterocycles. The maximum atomic E-state index is 6.28. The molecule has 0 saturated carbocycles. The third-order valence-corrected chi connectivity index (χ3v) is 6.45. The molecule has 3 aromatic carbocycles. The van der Waals surface area contributed by atoms with E-state index in [-0.39, 0.29) is 6.61 Å². The smallest absolute Gasteiger partial charge is 0.175 e. The summed E-state index contributed by atoms with van der Waals surface area (Å²) >= 11 is 16.2. The van der Waals surface area contributed by atoms with E-state index in [1.165, 1.54) is 5.56 Å². The molecule has 1 N–H and O–H groups in total. The zero-order valence-electron chi connectivity index (χ0n) is 18.3. The summed E-state index contributed by atoms with van der Waals surface area (Å²) in [5.41, 5.74) is 3.24. The van der Waals surface area contributed by atoms with Crippen LogP contribution in [0.25, 0.3) is 0 Å². The second-order valence-electron chi connectivity index (χ2n) is 7.63. The minimum Gasteiger partial charge on any atom is -0.490 e. The number of hydrogen-bond acceptors (Lipinski definition) is 3. The average molecular weight is 537 g/mol. The van der Waals surface area contributed by atoms with Gasteiger partial charge in [-0.3, -0.25) is 0 Å². The number of nitrogens with one attached hydrogen (secondary N) is 1. The fraction of sp³-hybridized carbons (Fsp3) is 0.308. The Morgan fingerprint density at radius 2 is 1.66 bits per heavy atom. The van der Waals surface area contributed by atoms with E-state index >= 15 is 0 Å². The van der Waals surface area contributed by atoms with E-state index in [0.717, 1.165) is 35.0 Å². The van der Waals surface area contributed by atoms with Gasteiger partial charge in [-0.1, -0.05) is 59.6 Å². The number of halogens is 3. The van der Waals surface area contributed by atoms with Gasteiger partial charge in [0.15, 0.2) is 11.5 Å². The van der Waals surface area contributed by atoms with Crippen molar-refractivity contribution in [3.63, 3.8) is 0 Å². The van der Waals surface area contributed by atoms with Crippen LogP contribution in [0.15, 0.2) is 65.1 Å². The molecule has 0 aliphatic heterocycles. The summed E-state index contributed by atoms with van der Waals surface area (Å²) in [6.07, 6.45) is 2.13. The first-order valence-electron chi connectivity index (χ1n) is 10.8. The van der Waals surface area contributed by atoms with E-state index in [1.54, 1.807) is 12.1 Å². The molecule has 1 atom stereocenters. The third kappa shape index (κ3) is 7.14. The van der Waals surface area contributed by atoms with Crippen molar-refractivity contribution in [3.8, 4) is 11.5 Å². The van der Waals surface area contributed by atoms with Gasteiger partial charge in [0.2, 0.25) is 0 Å². The number of aryl methyl sites for hydroxylation is 1. The summed E-state index contributed by atoms with van der Waals surface area (Å²) in [6, 6.07) is 20.5. The number of hydrogen-bond donors (Lipinski definition) is 1. The molecule has 1 unspecified atom stereocenters. The predicted molar refractivity (Wildman–Crippen MR) is 137 cm³/mol. The Kier molecular flexibility index (Phi) is 9.73. The Bertz CT molecular complexity index is 994. The van der Waals surface area contributed by atoms with E-state index in [0.29, 0.717) is 34.2 Å². The topological polar surface area (TPSA) is 30.5 Å². The van der Waals surface area contributed by atoms with Crippen LogP contribution in [0.1, 0.15) is 37.0 Å². The summed E-state index contributed by atoms with van der Waals surface area (Å²) in [4.78, 5) is 0. The first-order chi connectivity index (χ1) is 15.5. The van der Waals surface area contributed by atoms with Crippen molar-refractivity contribution in [1.82, 2.24) is 5.32 Å². The molecule has 0 aliphatic rings. The first kappa shape index (κ1) is 24.9. The molecule has 3 nitrogen and oxygen atoms in total. The van der Waals surface area contributed by atoms with Crippen molar-refractivity contribution in [2.75, 3.05) is 6.61 Å². The van der Waals surface area contributed by atoms with Crippen LogP contribution in [0.4, 0.5) is 0 Å². The summed E-state index contributed by atoms with van der Waals surface area (Å²) < 4.78 is 12.8. The molecule has 0 aliphatic carbocycles. The van der Waals surface area contributed by atoms with Gasteiger partial charge in [-0.2, -0.15) is 0 Å². The highest BCUT2D eigenvalue weighted by molar-refractivity contribution is 9.10. The SMILES string of the molecule is CCOc1cc(CNC(C)CCc2ccccc2)cc(Br)c1OCc1c(Cl)cccc1Cl. The van der Waals surface area contributed by atoms with E-state index in [4.69, 9.17) is 32.7 Å². The molecular weight excluding hydrogens is 509 g/mol. The molecule has 3 aromatic rings. The van der Waals surface area contributed by atoms with Crippen LogP contribution in [-0.2, 0) is 19.6 Å². The van der Waals surface area contributed by atoms with Crippen molar-refractivity contribution in [3.05, 3.63) is 91.9 Å². The van der Waals surface area contributed by atoms with Crippen LogP contribution < -0.4 is 14.8 Å². The van der Waals surface area contributed by atoms with Gasteiger partial charge in [0, 0.05) is 28.2 Å². The monoisotopic (exact) mass is 535 g/mol. The Labute approximate surface area is 209 Å². The van der Waals surface area contributed by atoms with Gasteiger partial charge >= 0.3 is 0 Å². The lowest BCUT2D eigenvalue weighted by Gasteiger charge is -2.18. The molecule has 6 heteroatoms. The van der Waals surface area contributed by atoms with Crippen molar-refractivity contribution in [2.24, 2.45) is 0 Å². The number of ether oxygens (including phenoxy) is 2. The fourth-order valence-electron chi connectivity index (χ4n) is 3.36. The van der Waals surface area contributed by atoms with Gasteiger partial charge < -0.3 is 14.8 Å². The van der Waals surface area contributed by atoms with Crippen molar-refractivity contribution < 1.29 is 9.47 Å². The summed E-state index contributed by atoms with van der Waals surface area (Å²) in [5, 5.41) is 4.77. The van der Waals surface area contributed by atoms with Gasteiger partial charge in [-0.05, 0) is 78.0 Å². The Balaban J connectivity index is 1.64. The predicted octanol–water partition coefficient (Wildman–Crippen LogP) is 7.84. The second kappa shape index (κ2) is 12.5. The largest absolute Gasteiger partial charge is 0.490 e. The van der Waals surface area contributed by atoms with Crippen LogP contribution in [-0.4, -0.2) is 12.6 Å². The molecule has 0 bridgehead atoms. The van der Waals surface area contributed by atoms with Crippen molar-refractivity contribution in [1.29, 1.82) is 0 Å². The minimum atomic E-state index is 0.255. The lowest BCUT2D eigenvalue weighted by Crippen LogP contribution is -2.26. The van der Waals surface area contributed by atoms with Crippen LogP contribution in [0.2, 0.25) is 10.0 Å². The van der Waals surface area contributed by atoms with Crippen LogP contribution in [0, 0.1) is 0 Å². The zero-order chi connectivity index (χ0) is 22.9. The summed E-state index contributed by atoms with van der Waals surface area (Å²) in [7, 11) is 0. The van der Waals surface area contributed by atoms with Gasteiger partial charge in [0.25, 0.3) is 0 Å². The molecular formula is C26H28BrCl2NO2. The third-order valence-electron chi connectivity index (χ3n) is 5.16. The summed E-state index contributed by atoms with van der Waals surface area (Å²) in [6.45, 7) is 5.71. The normalized spacial score (nSPS) is 11.9. The molecule has 0 spiro atoms. The standard InChI is InChI=1S/C26H28BrCl2NO2/c1-3-31-25-15-20(16-30-18(2)12-13-19-8-5-4-6-9-19)14-22(27)26(25)32-17-21-23(28)10-7-11-24(21)29/h4-11,14-15,18,30H,3,12-13,16-17H2,1-2H3. The average Bonchev–Trinajstić information content (AvgIpc) is 2.78. The quantitative estimate of drug-likeness (QED) is 0.270. The maximum Gasteiger partial charge on any atom is 0.175 e. The van der Waals surface area contributed by atoms with E-state index < -0.39 is 0 Å². The lowest BCUT2D eigenvalue weighted by atomic mass is 10.1. The molecule has 0 aromatic heterocycles. The molecule has 0 fully saturated rings. The minimum absolute atomic E-state index is 0.255.